The third-order valence-corrected chi connectivity index (χ3v) is 1.88. The van der Waals surface area contributed by atoms with E-state index in [1.807, 2.05) is 0 Å². The van der Waals surface area contributed by atoms with Crippen LogP contribution in [-0.2, 0) is 14.4 Å². The summed E-state index contributed by atoms with van der Waals surface area (Å²) in [4.78, 5) is 25.9. The molecule has 0 radical (unpaired) electrons. The number of hydrogen-bond acceptors (Lipinski definition) is 5. The molecule has 0 bridgehead atoms. The Morgan fingerprint density at radius 1 is 1.50 bits per heavy atom. The van der Waals surface area contributed by atoms with Crippen LogP contribution in [0.1, 0.15) is 19.3 Å². The van der Waals surface area contributed by atoms with Gasteiger partial charge in [0.25, 0.3) is 5.91 Å². The molecule has 0 aromatic rings. The third kappa shape index (κ3) is 7.74. The number of hydrogen-bond donors (Lipinski definition) is 3. The molecule has 2 amide bonds. The molecule has 0 saturated carbocycles. The summed E-state index contributed by atoms with van der Waals surface area (Å²) in [6.45, 7) is 0.500. The van der Waals surface area contributed by atoms with Gasteiger partial charge in [0, 0.05) is 6.54 Å². The maximum absolute atomic E-state index is 11.0. The summed E-state index contributed by atoms with van der Waals surface area (Å²) >= 11 is 0. The van der Waals surface area contributed by atoms with Crippen molar-refractivity contribution in [3.63, 3.8) is 0 Å². The smallest absolute Gasteiger partial charge is 0.265 e. The second-order valence-corrected chi connectivity index (χ2v) is 3.21. The number of nitrogens with one attached hydrogen (secondary N) is 1. The molecule has 7 nitrogen and oxygen atoms in total. The zero-order valence-corrected chi connectivity index (χ0v) is 9.31. The lowest BCUT2D eigenvalue weighted by molar-refractivity contribution is -0.119. The van der Waals surface area contributed by atoms with Crippen molar-refractivity contribution in [3.8, 4) is 0 Å². The molecule has 0 fully saturated rings. The molecule has 0 aromatic carbocycles. The molecular weight excluding hydrogens is 212 g/mol. The minimum absolute atomic E-state index is 0.318. The number of nitrogens with two attached hydrogens (primary N) is 2. The Bertz CT molecular complexity index is 255. The molecule has 5 N–H and O–H groups in total. The molecule has 16 heavy (non-hydrogen) atoms. The quantitative estimate of drug-likeness (QED) is 0.273. The van der Waals surface area contributed by atoms with E-state index in [1.165, 1.54) is 7.11 Å². The Morgan fingerprint density at radius 2 is 2.19 bits per heavy atom. The van der Waals surface area contributed by atoms with E-state index >= 15 is 0 Å². The van der Waals surface area contributed by atoms with Gasteiger partial charge < -0.3 is 21.6 Å². The van der Waals surface area contributed by atoms with Crippen LogP contribution in [0.4, 0.5) is 0 Å². The molecule has 92 valence electrons. The van der Waals surface area contributed by atoms with E-state index < -0.39 is 11.9 Å². The Hall–Kier alpha value is -1.63. The fraction of sp³-hybridized carbons (Fsp3) is 0.667. The lowest BCUT2D eigenvalue weighted by Gasteiger charge is -2.06. The minimum atomic E-state index is -0.606. The zero-order valence-electron chi connectivity index (χ0n) is 9.31. The largest absolute Gasteiger partial charge is 0.399 e. The van der Waals surface area contributed by atoms with Gasteiger partial charge in [0.05, 0.1) is 6.04 Å². The predicted octanol–water partition coefficient (Wildman–Crippen LogP) is -1.28. The summed E-state index contributed by atoms with van der Waals surface area (Å²) in [7, 11) is 1.36. The number of nitrogens with zero attached hydrogens (tertiary/aromatic N) is 1. The van der Waals surface area contributed by atoms with Crippen molar-refractivity contribution in [3.05, 3.63) is 0 Å². The summed E-state index contributed by atoms with van der Waals surface area (Å²) in [5, 5.41) is 5.90. The van der Waals surface area contributed by atoms with E-state index in [2.05, 4.69) is 15.3 Å². The number of oxime groups is 1. The highest BCUT2D eigenvalue weighted by Crippen LogP contribution is 1.97. The van der Waals surface area contributed by atoms with Crippen molar-refractivity contribution in [2.24, 2.45) is 16.6 Å². The van der Waals surface area contributed by atoms with E-state index in [1.54, 1.807) is 0 Å². The van der Waals surface area contributed by atoms with Crippen LogP contribution in [0.2, 0.25) is 0 Å². The van der Waals surface area contributed by atoms with Gasteiger partial charge in [0.2, 0.25) is 5.91 Å². The van der Waals surface area contributed by atoms with Gasteiger partial charge in [-0.1, -0.05) is 5.16 Å². The molecule has 0 spiro atoms. The van der Waals surface area contributed by atoms with E-state index in [0.717, 1.165) is 19.1 Å². The Balaban J connectivity index is 3.43. The normalized spacial score (nSPS) is 12.4. The first kappa shape index (κ1) is 14.4. The first-order chi connectivity index (χ1) is 7.57. The molecule has 0 aliphatic carbocycles. The summed E-state index contributed by atoms with van der Waals surface area (Å²) in [6, 6.07) is -0.606. The van der Waals surface area contributed by atoms with E-state index in [9.17, 15) is 9.59 Å². The van der Waals surface area contributed by atoms with Crippen molar-refractivity contribution in [1.29, 1.82) is 0 Å². The van der Waals surface area contributed by atoms with Crippen LogP contribution in [0, 0.1) is 0 Å². The van der Waals surface area contributed by atoms with Gasteiger partial charge in [-0.3, -0.25) is 9.59 Å². The summed E-state index contributed by atoms with van der Waals surface area (Å²) in [5.41, 5.74) is 10.4. The van der Waals surface area contributed by atoms with Crippen LogP contribution in [0.25, 0.3) is 0 Å². The Labute approximate surface area is 94.2 Å². The second kappa shape index (κ2) is 8.66. The average Bonchev–Trinajstić information content (AvgIpc) is 2.25. The van der Waals surface area contributed by atoms with E-state index in [-0.39, 0.29) is 5.91 Å². The van der Waals surface area contributed by atoms with Gasteiger partial charge in [-0.2, -0.15) is 0 Å². The maximum Gasteiger partial charge on any atom is 0.265 e. The topological polar surface area (TPSA) is 120 Å². The molecule has 7 heteroatoms. The monoisotopic (exact) mass is 230 g/mol. The van der Waals surface area contributed by atoms with Gasteiger partial charge in [0.1, 0.15) is 13.3 Å². The number of primary amides is 1. The van der Waals surface area contributed by atoms with Crippen molar-refractivity contribution in [2.45, 2.75) is 25.3 Å². The van der Waals surface area contributed by atoms with Crippen LogP contribution in [-0.4, -0.2) is 37.7 Å². The molecule has 0 aromatic heterocycles. The highest BCUT2D eigenvalue weighted by atomic mass is 16.6. The second-order valence-electron chi connectivity index (χ2n) is 3.21. The molecule has 1 unspecified atom stereocenters. The third-order valence-electron chi connectivity index (χ3n) is 1.88. The van der Waals surface area contributed by atoms with E-state index in [4.69, 9.17) is 11.5 Å². The molecule has 0 aliphatic rings. The van der Waals surface area contributed by atoms with Gasteiger partial charge in [0.15, 0.2) is 0 Å². The van der Waals surface area contributed by atoms with Crippen molar-refractivity contribution in [2.75, 3.05) is 13.7 Å². The van der Waals surface area contributed by atoms with Crippen LogP contribution >= 0.6 is 0 Å². The number of unbranched alkanes of at least 4 members (excludes halogenated alkanes) is 1. The molecule has 0 heterocycles. The van der Waals surface area contributed by atoms with Crippen LogP contribution in [0.15, 0.2) is 5.16 Å². The highest BCUT2D eigenvalue weighted by Gasteiger charge is 2.07. The number of rotatable bonds is 8. The maximum atomic E-state index is 11.0. The number of carbonyl (C=O) groups is 2. The SMILES string of the molecule is CO/N=C/C(=O)NCCCCC(N)C(N)=O. The minimum Gasteiger partial charge on any atom is -0.399 e. The summed E-state index contributed by atoms with van der Waals surface area (Å²) in [5.74, 6) is -0.822. The summed E-state index contributed by atoms with van der Waals surface area (Å²) < 4.78 is 0. The van der Waals surface area contributed by atoms with Crippen LogP contribution in [0.5, 0.6) is 0 Å². The van der Waals surface area contributed by atoms with Crippen molar-refractivity contribution >= 4 is 18.0 Å². The first-order valence-electron chi connectivity index (χ1n) is 4.97. The molecular formula is C9H18N4O3. The molecule has 1 atom stereocenters. The Kier molecular flexibility index (Phi) is 7.78. The molecule has 0 saturated heterocycles. The van der Waals surface area contributed by atoms with Crippen molar-refractivity contribution in [1.82, 2.24) is 5.32 Å². The van der Waals surface area contributed by atoms with Crippen LogP contribution in [0.3, 0.4) is 0 Å². The van der Waals surface area contributed by atoms with Crippen molar-refractivity contribution < 1.29 is 14.4 Å². The van der Waals surface area contributed by atoms with Gasteiger partial charge >= 0.3 is 0 Å². The lowest BCUT2D eigenvalue weighted by Crippen LogP contribution is -2.36. The van der Waals surface area contributed by atoms with Gasteiger partial charge in [-0.15, -0.1) is 0 Å². The van der Waals surface area contributed by atoms with Gasteiger partial charge in [-0.05, 0) is 19.3 Å². The lowest BCUT2D eigenvalue weighted by atomic mass is 10.1. The van der Waals surface area contributed by atoms with Gasteiger partial charge in [-0.25, -0.2) is 0 Å². The fourth-order valence-corrected chi connectivity index (χ4v) is 0.989. The number of carbonyl (C=O) groups excluding carboxylic acids is 2. The van der Waals surface area contributed by atoms with E-state index in [0.29, 0.717) is 13.0 Å². The highest BCUT2D eigenvalue weighted by molar-refractivity contribution is 6.26. The standard InChI is InChI=1S/C9H18N4O3/c1-16-13-6-8(14)12-5-3-2-4-7(10)9(11)15/h6-7H,2-5,10H2,1H3,(H2,11,15)(H,12,14)/b13-6+. The fourth-order valence-electron chi connectivity index (χ4n) is 0.989. The molecule has 0 rings (SSSR count). The summed E-state index contributed by atoms with van der Waals surface area (Å²) in [6.07, 6.45) is 3.03. The Morgan fingerprint density at radius 3 is 2.75 bits per heavy atom. The first-order valence-corrected chi connectivity index (χ1v) is 4.97. The average molecular weight is 230 g/mol. The van der Waals surface area contributed by atoms with Crippen LogP contribution < -0.4 is 16.8 Å². The zero-order chi connectivity index (χ0) is 12.4. The molecule has 0 aliphatic heterocycles. The number of amides is 2. The predicted molar refractivity (Wildman–Crippen MR) is 59.5 cm³/mol.